The number of likely N-dealkylation sites (N-methyl/N-ethyl adjacent to an activating group) is 1. The second-order valence-corrected chi connectivity index (χ2v) is 8.59. The van der Waals surface area contributed by atoms with Crippen LogP contribution in [0.1, 0.15) is 11.1 Å². The summed E-state index contributed by atoms with van der Waals surface area (Å²) in [5.74, 6) is 0.316. The maximum absolute atomic E-state index is 12.3. The van der Waals surface area contributed by atoms with E-state index in [1.54, 1.807) is 32.3 Å². The third-order valence-electron chi connectivity index (χ3n) is 4.71. The standard InChI is InChI=1S/C23H18Cl2N2O2S/c1-26-23-27(2)22(28)20(30-23)12-15-10-18(24)21(19(25)11-15)29-13-14-7-8-16-5-3-4-6-17(16)9-14/h3-12H,13H2,1-2H3/b20-12+,26-23?. The third kappa shape index (κ3) is 4.19. The van der Waals surface area contributed by atoms with Gasteiger partial charge in [0.15, 0.2) is 10.9 Å². The number of halogens is 2. The summed E-state index contributed by atoms with van der Waals surface area (Å²) in [4.78, 5) is 18.5. The lowest BCUT2D eigenvalue weighted by Gasteiger charge is -2.12. The van der Waals surface area contributed by atoms with Crippen LogP contribution in [0, 0.1) is 0 Å². The molecule has 3 aromatic rings. The highest BCUT2D eigenvalue weighted by molar-refractivity contribution is 8.18. The van der Waals surface area contributed by atoms with E-state index >= 15 is 0 Å². The van der Waals surface area contributed by atoms with Crippen molar-refractivity contribution in [2.45, 2.75) is 6.61 Å². The van der Waals surface area contributed by atoms with Gasteiger partial charge in [0.25, 0.3) is 5.91 Å². The second kappa shape index (κ2) is 8.72. The van der Waals surface area contributed by atoms with E-state index in [-0.39, 0.29) is 5.91 Å². The first kappa shape index (κ1) is 20.8. The minimum absolute atomic E-state index is 0.107. The van der Waals surface area contributed by atoms with Gasteiger partial charge in [-0.15, -0.1) is 0 Å². The number of aliphatic imine (C=N–C) groups is 1. The van der Waals surface area contributed by atoms with Crippen LogP contribution in [-0.2, 0) is 11.4 Å². The molecular weight excluding hydrogens is 439 g/mol. The topological polar surface area (TPSA) is 41.9 Å². The average Bonchev–Trinajstić information content (AvgIpc) is 3.01. The maximum atomic E-state index is 12.3. The van der Waals surface area contributed by atoms with E-state index in [1.807, 2.05) is 18.2 Å². The lowest BCUT2D eigenvalue weighted by molar-refractivity contribution is -0.121. The van der Waals surface area contributed by atoms with Gasteiger partial charge in [0.1, 0.15) is 6.61 Å². The molecule has 0 aromatic heterocycles. The van der Waals surface area contributed by atoms with E-state index in [4.69, 9.17) is 27.9 Å². The summed E-state index contributed by atoms with van der Waals surface area (Å²) in [5.41, 5.74) is 1.75. The summed E-state index contributed by atoms with van der Waals surface area (Å²) in [6.45, 7) is 0.347. The Bertz CT molecular complexity index is 1180. The Labute approximate surface area is 189 Å². The van der Waals surface area contributed by atoms with Crippen molar-refractivity contribution >= 4 is 62.9 Å². The van der Waals surface area contributed by atoms with Gasteiger partial charge < -0.3 is 4.74 Å². The summed E-state index contributed by atoms with van der Waals surface area (Å²) in [7, 11) is 3.35. The van der Waals surface area contributed by atoms with Crippen molar-refractivity contribution in [2.75, 3.05) is 14.1 Å². The molecule has 1 amide bonds. The number of hydrogen-bond donors (Lipinski definition) is 0. The van der Waals surface area contributed by atoms with Gasteiger partial charge in [-0.25, -0.2) is 0 Å². The molecule has 0 radical (unpaired) electrons. The highest BCUT2D eigenvalue weighted by Crippen LogP contribution is 2.37. The Morgan fingerprint density at radius 1 is 1.07 bits per heavy atom. The molecular formula is C23H18Cl2N2O2S. The molecule has 1 heterocycles. The Kier molecular flexibility index (Phi) is 6.04. The highest BCUT2D eigenvalue weighted by Gasteiger charge is 2.29. The Balaban J connectivity index is 1.54. The largest absolute Gasteiger partial charge is 0.486 e. The molecule has 1 fully saturated rings. The fourth-order valence-electron chi connectivity index (χ4n) is 3.19. The molecule has 0 saturated carbocycles. The van der Waals surface area contributed by atoms with Gasteiger partial charge in [-0.1, -0.05) is 59.6 Å². The zero-order valence-corrected chi connectivity index (χ0v) is 18.7. The van der Waals surface area contributed by atoms with Crippen LogP contribution in [-0.4, -0.2) is 30.1 Å². The van der Waals surface area contributed by atoms with Crippen molar-refractivity contribution < 1.29 is 9.53 Å². The van der Waals surface area contributed by atoms with Gasteiger partial charge in [0.05, 0.1) is 15.0 Å². The zero-order chi connectivity index (χ0) is 21.3. The van der Waals surface area contributed by atoms with E-state index < -0.39 is 0 Å². The number of carbonyl (C=O) groups excluding carboxylic acids is 1. The monoisotopic (exact) mass is 456 g/mol. The summed E-state index contributed by atoms with van der Waals surface area (Å²) in [6, 6.07) is 17.8. The van der Waals surface area contributed by atoms with Crippen LogP contribution >= 0.6 is 35.0 Å². The number of benzene rings is 3. The first-order valence-corrected chi connectivity index (χ1v) is 10.8. The summed E-state index contributed by atoms with van der Waals surface area (Å²) in [6.07, 6.45) is 1.76. The van der Waals surface area contributed by atoms with E-state index in [2.05, 4.69) is 29.3 Å². The van der Waals surface area contributed by atoms with Crippen LogP contribution < -0.4 is 4.74 Å². The predicted octanol–water partition coefficient (Wildman–Crippen LogP) is 6.26. The molecule has 0 atom stereocenters. The maximum Gasteiger partial charge on any atom is 0.266 e. The molecule has 0 N–H and O–H groups in total. The zero-order valence-electron chi connectivity index (χ0n) is 16.4. The minimum atomic E-state index is -0.107. The fourth-order valence-corrected chi connectivity index (χ4v) is 4.73. The van der Waals surface area contributed by atoms with Gasteiger partial charge in [-0.05, 0) is 57.9 Å². The normalized spacial score (nSPS) is 16.8. The SMILES string of the molecule is CN=C1S/C(=C/c2cc(Cl)c(OCc3ccc4ccccc4c3)c(Cl)c2)C(=O)N1C. The van der Waals surface area contributed by atoms with E-state index in [0.29, 0.717) is 32.5 Å². The highest BCUT2D eigenvalue weighted by atomic mass is 35.5. The number of amidine groups is 1. The van der Waals surface area contributed by atoms with Crippen molar-refractivity contribution in [1.82, 2.24) is 4.90 Å². The van der Waals surface area contributed by atoms with Crippen molar-refractivity contribution in [3.63, 3.8) is 0 Å². The molecule has 30 heavy (non-hydrogen) atoms. The molecule has 1 aliphatic heterocycles. The van der Waals surface area contributed by atoms with Crippen LogP contribution in [0.2, 0.25) is 10.0 Å². The van der Waals surface area contributed by atoms with Gasteiger partial charge >= 0.3 is 0 Å². The van der Waals surface area contributed by atoms with Gasteiger partial charge in [0, 0.05) is 14.1 Å². The lowest BCUT2D eigenvalue weighted by atomic mass is 10.1. The lowest BCUT2D eigenvalue weighted by Crippen LogP contribution is -2.23. The van der Waals surface area contributed by atoms with Gasteiger partial charge in [-0.3, -0.25) is 14.7 Å². The summed E-state index contributed by atoms with van der Waals surface area (Å²) in [5, 5.41) is 3.76. The first-order valence-electron chi connectivity index (χ1n) is 9.20. The van der Waals surface area contributed by atoms with Crippen molar-refractivity contribution in [2.24, 2.45) is 4.99 Å². The molecule has 4 nitrogen and oxygen atoms in total. The number of thioether (sulfide) groups is 1. The number of ether oxygens (including phenoxy) is 1. The van der Waals surface area contributed by atoms with Crippen LogP contribution in [0.5, 0.6) is 5.75 Å². The Morgan fingerprint density at radius 2 is 1.77 bits per heavy atom. The first-order chi connectivity index (χ1) is 14.5. The summed E-state index contributed by atoms with van der Waals surface area (Å²) >= 11 is 14.2. The number of rotatable bonds is 4. The number of hydrogen-bond acceptors (Lipinski definition) is 4. The molecule has 0 bridgehead atoms. The van der Waals surface area contributed by atoms with Crippen LogP contribution in [0.4, 0.5) is 0 Å². The molecule has 0 aliphatic carbocycles. The molecule has 1 saturated heterocycles. The van der Waals surface area contributed by atoms with E-state index in [0.717, 1.165) is 16.5 Å². The molecule has 7 heteroatoms. The van der Waals surface area contributed by atoms with Crippen LogP contribution in [0.3, 0.4) is 0 Å². The van der Waals surface area contributed by atoms with Crippen molar-refractivity contribution in [3.05, 3.63) is 80.7 Å². The predicted molar refractivity (Wildman–Crippen MR) is 126 cm³/mol. The Morgan fingerprint density at radius 3 is 2.43 bits per heavy atom. The minimum Gasteiger partial charge on any atom is -0.486 e. The summed E-state index contributed by atoms with van der Waals surface area (Å²) < 4.78 is 5.92. The quantitative estimate of drug-likeness (QED) is 0.435. The number of fused-ring (bicyclic) bond motifs is 1. The van der Waals surface area contributed by atoms with Crippen molar-refractivity contribution in [1.29, 1.82) is 0 Å². The molecule has 152 valence electrons. The molecule has 1 aliphatic rings. The average molecular weight is 457 g/mol. The van der Waals surface area contributed by atoms with Crippen LogP contribution in [0.15, 0.2) is 64.5 Å². The van der Waals surface area contributed by atoms with Gasteiger partial charge in [0.2, 0.25) is 0 Å². The second-order valence-electron chi connectivity index (χ2n) is 6.76. The smallest absolute Gasteiger partial charge is 0.266 e. The van der Waals surface area contributed by atoms with Gasteiger partial charge in [-0.2, -0.15) is 0 Å². The molecule has 4 rings (SSSR count). The van der Waals surface area contributed by atoms with E-state index in [9.17, 15) is 4.79 Å². The molecule has 3 aromatic carbocycles. The Hall–Kier alpha value is -2.47. The number of nitrogens with zero attached hydrogens (tertiary/aromatic N) is 2. The number of carbonyl (C=O) groups is 1. The fraction of sp³-hybridized carbons (Fsp3) is 0.130. The third-order valence-corrected chi connectivity index (χ3v) is 6.42. The molecule has 0 unspecified atom stereocenters. The van der Waals surface area contributed by atoms with Crippen molar-refractivity contribution in [3.8, 4) is 5.75 Å². The number of amides is 1. The van der Waals surface area contributed by atoms with Crippen LogP contribution in [0.25, 0.3) is 16.8 Å². The molecule has 0 spiro atoms. The van der Waals surface area contributed by atoms with E-state index in [1.165, 1.54) is 22.0 Å².